The number of benzene rings is 2. The van der Waals surface area contributed by atoms with Crippen LogP contribution in [-0.2, 0) is 6.42 Å². The molecule has 1 heterocycles. The first kappa shape index (κ1) is 15.0. The molecule has 0 bridgehead atoms. The van der Waals surface area contributed by atoms with Gasteiger partial charge in [0.2, 0.25) is 0 Å². The number of ether oxygens (including phenoxy) is 1. The van der Waals surface area contributed by atoms with Gasteiger partial charge in [0, 0.05) is 26.1 Å². The smallest absolute Gasteiger partial charge is 0.119 e. The van der Waals surface area contributed by atoms with Crippen LogP contribution < -0.4 is 4.74 Å². The molecule has 0 saturated carbocycles. The van der Waals surface area contributed by atoms with Crippen molar-refractivity contribution in [1.82, 2.24) is 4.57 Å². The number of methoxy groups -OCH3 is 1. The van der Waals surface area contributed by atoms with Gasteiger partial charge in [0.1, 0.15) is 5.75 Å². The van der Waals surface area contributed by atoms with E-state index in [4.69, 9.17) is 4.74 Å². The van der Waals surface area contributed by atoms with Crippen LogP contribution in [0.1, 0.15) is 11.3 Å². The predicted molar refractivity (Wildman–Crippen MR) is 103 cm³/mol. The number of fused-ring (bicyclic) bond motifs is 3. The van der Waals surface area contributed by atoms with Crippen LogP contribution in [0.5, 0.6) is 5.75 Å². The molecule has 4 rings (SSSR count). The molecule has 1 aliphatic carbocycles. The summed E-state index contributed by atoms with van der Waals surface area (Å²) in [4.78, 5) is 0.392. The van der Waals surface area contributed by atoms with Gasteiger partial charge >= 0.3 is 0 Å². The number of aromatic nitrogens is 1. The summed E-state index contributed by atoms with van der Waals surface area (Å²) in [5, 5.41) is 1.30. The Morgan fingerprint density at radius 1 is 1.13 bits per heavy atom. The summed E-state index contributed by atoms with van der Waals surface area (Å²) in [6.07, 6.45) is 5.44. The Morgan fingerprint density at radius 3 is 2.65 bits per heavy atom. The highest BCUT2D eigenvalue weighted by Gasteiger charge is 2.21. The molecular formula is C19H15Br2NO. The fourth-order valence-electron chi connectivity index (χ4n) is 3.21. The van der Waals surface area contributed by atoms with Crippen LogP contribution in [0.3, 0.4) is 0 Å². The van der Waals surface area contributed by atoms with Gasteiger partial charge in [-0.15, -0.1) is 0 Å². The van der Waals surface area contributed by atoms with Crippen LogP contribution >= 0.6 is 31.9 Å². The number of hydrogen-bond donors (Lipinski definition) is 0. The fourth-order valence-corrected chi connectivity index (χ4v) is 4.04. The van der Waals surface area contributed by atoms with Crippen LogP contribution in [0.2, 0.25) is 0 Å². The van der Waals surface area contributed by atoms with Gasteiger partial charge < -0.3 is 9.30 Å². The van der Waals surface area contributed by atoms with Crippen molar-refractivity contribution in [2.75, 3.05) is 7.11 Å². The van der Waals surface area contributed by atoms with Crippen molar-refractivity contribution in [2.24, 2.45) is 0 Å². The lowest BCUT2D eigenvalue weighted by molar-refractivity contribution is 0.415. The van der Waals surface area contributed by atoms with Crippen molar-refractivity contribution in [3.63, 3.8) is 0 Å². The molecule has 3 aromatic rings. The van der Waals surface area contributed by atoms with Crippen molar-refractivity contribution >= 4 is 48.8 Å². The topological polar surface area (TPSA) is 14.2 Å². The lowest BCUT2D eigenvalue weighted by Crippen LogP contribution is -2.06. The molecular weight excluding hydrogens is 418 g/mol. The zero-order valence-electron chi connectivity index (χ0n) is 12.6. The third kappa shape index (κ3) is 2.54. The first-order valence-corrected chi connectivity index (χ1v) is 9.18. The van der Waals surface area contributed by atoms with Gasteiger partial charge in [-0.3, -0.25) is 0 Å². The first-order chi connectivity index (χ1) is 11.2. The third-order valence-corrected chi connectivity index (χ3v) is 5.39. The van der Waals surface area contributed by atoms with Crippen LogP contribution in [-0.4, -0.2) is 16.5 Å². The first-order valence-electron chi connectivity index (χ1n) is 7.47. The van der Waals surface area contributed by atoms with Gasteiger partial charge in [0.05, 0.1) is 12.6 Å². The zero-order chi connectivity index (χ0) is 16.0. The second-order valence-corrected chi connectivity index (χ2v) is 7.73. The van der Waals surface area contributed by atoms with Crippen molar-refractivity contribution < 1.29 is 4.74 Å². The third-order valence-electron chi connectivity index (χ3n) is 4.27. The molecule has 0 N–H and O–H groups in total. The van der Waals surface area contributed by atoms with Crippen molar-refractivity contribution in [3.05, 3.63) is 64.3 Å². The SMILES string of the molecule is COc1ccc(-n2c3c(c4cc(Br)ccc42)CC(Br)C=C3)cc1. The number of hydrogen-bond acceptors (Lipinski definition) is 1. The molecule has 23 heavy (non-hydrogen) atoms. The Morgan fingerprint density at radius 2 is 1.91 bits per heavy atom. The molecule has 1 unspecified atom stereocenters. The maximum absolute atomic E-state index is 5.28. The quantitative estimate of drug-likeness (QED) is 0.471. The van der Waals surface area contributed by atoms with E-state index in [1.165, 1.54) is 22.2 Å². The minimum absolute atomic E-state index is 0.392. The Bertz CT molecular complexity index is 909. The number of allylic oxidation sites excluding steroid dienone is 1. The normalized spacial score (nSPS) is 16.6. The van der Waals surface area contributed by atoms with Crippen LogP contribution in [0.4, 0.5) is 0 Å². The largest absolute Gasteiger partial charge is 0.497 e. The highest BCUT2D eigenvalue weighted by atomic mass is 79.9. The fraction of sp³-hybridized carbons (Fsp3) is 0.158. The number of rotatable bonds is 2. The number of nitrogens with zero attached hydrogens (tertiary/aromatic N) is 1. The van der Waals surface area contributed by atoms with Gasteiger partial charge in [0.25, 0.3) is 0 Å². The summed E-state index contributed by atoms with van der Waals surface area (Å²) >= 11 is 7.33. The Hall–Kier alpha value is -1.52. The Balaban J connectivity index is 2.01. The average molecular weight is 433 g/mol. The van der Waals surface area contributed by atoms with Gasteiger partial charge in [-0.1, -0.05) is 37.9 Å². The van der Waals surface area contributed by atoms with E-state index in [9.17, 15) is 0 Å². The van der Waals surface area contributed by atoms with E-state index in [1.807, 2.05) is 12.1 Å². The van der Waals surface area contributed by atoms with E-state index in [-0.39, 0.29) is 0 Å². The lowest BCUT2D eigenvalue weighted by atomic mass is 10.0. The van der Waals surface area contributed by atoms with E-state index < -0.39 is 0 Å². The van der Waals surface area contributed by atoms with Gasteiger partial charge in [-0.25, -0.2) is 0 Å². The molecule has 0 aliphatic heterocycles. The highest BCUT2D eigenvalue weighted by Crippen LogP contribution is 2.36. The van der Waals surface area contributed by atoms with Gasteiger partial charge in [0.15, 0.2) is 0 Å². The molecule has 0 radical (unpaired) electrons. The molecule has 0 saturated heterocycles. The molecule has 1 aliphatic rings. The maximum atomic E-state index is 5.28. The van der Waals surface area contributed by atoms with Crippen molar-refractivity contribution in [1.29, 1.82) is 0 Å². The van der Waals surface area contributed by atoms with Crippen molar-refractivity contribution in [3.8, 4) is 11.4 Å². The monoisotopic (exact) mass is 431 g/mol. The highest BCUT2D eigenvalue weighted by molar-refractivity contribution is 9.10. The molecule has 116 valence electrons. The molecule has 0 amide bonds. The summed E-state index contributed by atoms with van der Waals surface area (Å²) in [7, 11) is 1.69. The summed E-state index contributed by atoms with van der Waals surface area (Å²) < 4.78 is 8.72. The summed E-state index contributed by atoms with van der Waals surface area (Å²) in [6, 6.07) is 14.7. The molecule has 2 aromatic carbocycles. The minimum Gasteiger partial charge on any atom is -0.497 e. The standard InChI is InChI=1S/C19H15Br2NO/c1-23-15-6-4-14(5-7-15)22-18-8-2-12(20)10-16(18)17-11-13(21)3-9-19(17)22/h2-10,13H,11H2,1H3. The zero-order valence-corrected chi connectivity index (χ0v) is 15.8. The number of alkyl halides is 1. The van der Waals surface area contributed by atoms with Crippen LogP contribution in [0, 0.1) is 0 Å². The van der Waals surface area contributed by atoms with E-state index in [1.54, 1.807) is 7.11 Å². The van der Waals surface area contributed by atoms with Gasteiger partial charge in [-0.2, -0.15) is 0 Å². The van der Waals surface area contributed by atoms with E-state index in [0.29, 0.717) is 4.83 Å². The predicted octanol–water partition coefficient (Wildman–Crippen LogP) is 5.73. The summed E-state index contributed by atoms with van der Waals surface area (Å²) in [6.45, 7) is 0. The van der Waals surface area contributed by atoms with E-state index in [2.05, 4.69) is 78.9 Å². The van der Waals surface area contributed by atoms with Crippen molar-refractivity contribution in [2.45, 2.75) is 11.2 Å². The molecule has 0 spiro atoms. The molecule has 1 atom stereocenters. The molecule has 2 nitrogen and oxygen atoms in total. The Labute approximate surface area is 152 Å². The van der Waals surface area contributed by atoms with Gasteiger partial charge in [-0.05, 0) is 60.5 Å². The second-order valence-electron chi connectivity index (χ2n) is 5.64. The summed E-state index contributed by atoms with van der Waals surface area (Å²) in [5.41, 5.74) is 5.03. The molecule has 4 heteroatoms. The van der Waals surface area contributed by atoms with E-state index >= 15 is 0 Å². The Kier molecular flexibility index (Phi) is 3.82. The maximum Gasteiger partial charge on any atom is 0.119 e. The van der Waals surface area contributed by atoms with Crippen LogP contribution in [0.25, 0.3) is 22.7 Å². The molecule has 0 fully saturated rings. The summed E-state index contributed by atoms with van der Waals surface area (Å²) in [5.74, 6) is 0.873. The van der Waals surface area contributed by atoms with Crippen LogP contribution in [0.15, 0.2) is 53.0 Å². The number of halogens is 2. The minimum atomic E-state index is 0.392. The second kappa shape index (κ2) is 5.84. The average Bonchev–Trinajstić information content (AvgIpc) is 2.88. The van der Waals surface area contributed by atoms with E-state index in [0.717, 1.165) is 22.3 Å². The molecule has 1 aromatic heterocycles. The lowest BCUT2D eigenvalue weighted by Gasteiger charge is -2.14.